The number of oxime groups is 1. The average Bonchev–Trinajstić information content (AvgIpc) is 2.47. The molecular weight excluding hydrogens is 280 g/mol. The van der Waals surface area contributed by atoms with Gasteiger partial charge in [0.05, 0.1) is 0 Å². The lowest BCUT2D eigenvalue weighted by Gasteiger charge is -2.07. The summed E-state index contributed by atoms with van der Waals surface area (Å²) in [7, 11) is 0. The van der Waals surface area contributed by atoms with Crippen LogP contribution in [0.1, 0.15) is 18.4 Å². The predicted molar refractivity (Wildman–Crippen MR) is 71.3 cm³/mol. The number of carbonyl (C=O) groups excluding carboxylic acids is 2. The molecule has 0 aliphatic heterocycles. The lowest BCUT2D eigenvalue weighted by Crippen LogP contribution is -2.31. The van der Waals surface area contributed by atoms with E-state index in [0.717, 1.165) is 0 Å². The van der Waals surface area contributed by atoms with Gasteiger partial charge in [0.1, 0.15) is 17.5 Å². The second-order valence-corrected chi connectivity index (χ2v) is 4.08. The van der Waals surface area contributed by atoms with E-state index in [0.29, 0.717) is 11.8 Å². The summed E-state index contributed by atoms with van der Waals surface area (Å²) in [4.78, 5) is 32.5. The Kier molecular flexibility index (Phi) is 6.02. The second kappa shape index (κ2) is 7.75. The van der Waals surface area contributed by atoms with Gasteiger partial charge in [0.25, 0.3) is 0 Å². The average molecular weight is 294 g/mol. The summed E-state index contributed by atoms with van der Waals surface area (Å²) in [5, 5.41) is 20.0. The normalized spacial score (nSPS) is 12.5. The van der Waals surface area contributed by atoms with Crippen LogP contribution in [0.4, 0.5) is 0 Å². The Morgan fingerprint density at radius 2 is 1.95 bits per heavy atom. The molecule has 8 nitrogen and oxygen atoms in total. The van der Waals surface area contributed by atoms with Crippen molar-refractivity contribution in [2.45, 2.75) is 18.9 Å². The van der Waals surface area contributed by atoms with Gasteiger partial charge < -0.3 is 20.8 Å². The first-order valence-corrected chi connectivity index (χ1v) is 5.94. The standard InChI is InChI=1S/C13H14N2O6/c14-10(13(18)19)5-6-12(17)21-9-3-1-8(2-4-9)11(7-16)15-20/h1-4,7,10,20H,5-6,14H2,(H,18,19)/b15-11+/t10-/m1/s1. The number of carboxylic acid groups (broad SMARTS) is 1. The molecule has 0 radical (unpaired) electrons. The maximum atomic E-state index is 11.5. The first-order valence-electron chi connectivity index (χ1n) is 5.94. The molecule has 0 bridgehead atoms. The third kappa shape index (κ3) is 5.03. The molecule has 1 atom stereocenters. The van der Waals surface area contributed by atoms with Crippen molar-refractivity contribution in [2.24, 2.45) is 10.9 Å². The molecule has 0 amide bonds. The molecule has 21 heavy (non-hydrogen) atoms. The summed E-state index contributed by atoms with van der Waals surface area (Å²) in [6.07, 6.45) is 0.222. The third-order valence-corrected chi connectivity index (χ3v) is 2.58. The molecule has 8 heteroatoms. The number of aldehydes is 1. The van der Waals surface area contributed by atoms with Gasteiger partial charge in [-0.3, -0.25) is 14.4 Å². The van der Waals surface area contributed by atoms with Gasteiger partial charge in [-0.2, -0.15) is 0 Å². The largest absolute Gasteiger partial charge is 0.480 e. The minimum Gasteiger partial charge on any atom is -0.480 e. The molecule has 0 saturated carbocycles. The van der Waals surface area contributed by atoms with Gasteiger partial charge in [0.15, 0.2) is 6.29 Å². The van der Waals surface area contributed by atoms with E-state index in [4.69, 9.17) is 20.8 Å². The molecule has 0 aromatic heterocycles. The Morgan fingerprint density at radius 3 is 2.43 bits per heavy atom. The topological polar surface area (TPSA) is 139 Å². The summed E-state index contributed by atoms with van der Waals surface area (Å²) < 4.78 is 4.97. The van der Waals surface area contributed by atoms with Crippen LogP contribution in [0.25, 0.3) is 0 Å². The Bertz CT molecular complexity index is 552. The van der Waals surface area contributed by atoms with Crippen molar-refractivity contribution in [3.63, 3.8) is 0 Å². The van der Waals surface area contributed by atoms with Crippen LogP contribution in [0.2, 0.25) is 0 Å². The molecule has 1 rings (SSSR count). The highest BCUT2D eigenvalue weighted by atomic mass is 16.5. The monoisotopic (exact) mass is 294 g/mol. The SMILES string of the molecule is N[C@H](CCC(=O)Oc1ccc(/C(C=O)=N/O)cc1)C(=O)O. The van der Waals surface area contributed by atoms with Crippen LogP contribution in [-0.2, 0) is 14.4 Å². The number of esters is 1. The molecule has 0 unspecified atom stereocenters. The zero-order valence-electron chi connectivity index (χ0n) is 10.9. The van der Waals surface area contributed by atoms with Crippen molar-refractivity contribution < 1.29 is 29.4 Å². The van der Waals surface area contributed by atoms with Crippen LogP contribution >= 0.6 is 0 Å². The van der Waals surface area contributed by atoms with Gasteiger partial charge in [-0.15, -0.1) is 0 Å². The number of nitrogens with two attached hydrogens (primary N) is 1. The van der Waals surface area contributed by atoms with Crippen LogP contribution in [-0.4, -0.2) is 40.3 Å². The van der Waals surface area contributed by atoms with Crippen LogP contribution in [0.15, 0.2) is 29.4 Å². The quantitative estimate of drug-likeness (QED) is 0.162. The smallest absolute Gasteiger partial charge is 0.320 e. The number of carboxylic acids is 1. The summed E-state index contributed by atoms with van der Waals surface area (Å²) in [5.41, 5.74) is 5.47. The summed E-state index contributed by atoms with van der Waals surface area (Å²) in [5.74, 6) is -1.58. The molecule has 0 heterocycles. The van der Waals surface area contributed by atoms with Crippen molar-refractivity contribution in [3.05, 3.63) is 29.8 Å². The fourth-order valence-electron chi connectivity index (χ4n) is 1.42. The molecular formula is C13H14N2O6. The lowest BCUT2D eigenvalue weighted by molar-refractivity contribution is -0.139. The van der Waals surface area contributed by atoms with E-state index in [1.54, 1.807) is 0 Å². The van der Waals surface area contributed by atoms with Crippen molar-refractivity contribution >= 4 is 23.9 Å². The van der Waals surface area contributed by atoms with E-state index >= 15 is 0 Å². The molecule has 0 saturated heterocycles. The van der Waals surface area contributed by atoms with Gasteiger partial charge in [-0.25, -0.2) is 0 Å². The van der Waals surface area contributed by atoms with Crippen LogP contribution in [0, 0.1) is 0 Å². The first kappa shape index (κ1) is 16.3. The van der Waals surface area contributed by atoms with Crippen molar-refractivity contribution in [1.82, 2.24) is 0 Å². The molecule has 0 fully saturated rings. The van der Waals surface area contributed by atoms with Crippen molar-refractivity contribution in [3.8, 4) is 5.75 Å². The molecule has 1 aromatic rings. The number of ether oxygens (including phenoxy) is 1. The van der Waals surface area contributed by atoms with E-state index in [2.05, 4.69) is 5.16 Å². The van der Waals surface area contributed by atoms with Gasteiger partial charge in [-0.1, -0.05) is 5.16 Å². The molecule has 4 N–H and O–H groups in total. The molecule has 0 aliphatic rings. The van der Waals surface area contributed by atoms with Gasteiger partial charge in [0.2, 0.25) is 0 Å². The fourth-order valence-corrected chi connectivity index (χ4v) is 1.42. The Labute approximate surface area is 119 Å². The van der Waals surface area contributed by atoms with Gasteiger partial charge in [0, 0.05) is 12.0 Å². The lowest BCUT2D eigenvalue weighted by atomic mass is 10.1. The predicted octanol–water partition coefficient (Wildman–Crippen LogP) is 0.161. The molecule has 112 valence electrons. The summed E-state index contributed by atoms with van der Waals surface area (Å²) in [6.45, 7) is 0. The summed E-state index contributed by atoms with van der Waals surface area (Å²) in [6, 6.07) is 4.60. The number of hydrogen-bond donors (Lipinski definition) is 3. The molecule has 0 aliphatic carbocycles. The molecule has 0 spiro atoms. The molecule has 1 aromatic carbocycles. The van der Waals surface area contributed by atoms with Crippen molar-refractivity contribution in [2.75, 3.05) is 0 Å². The van der Waals surface area contributed by atoms with E-state index in [9.17, 15) is 14.4 Å². The third-order valence-electron chi connectivity index (χ3n) is 2.58. The van der Waals surface area contributed by atoms with E-state index in [-0.39, 0.29) is 24.3 Å². The Hall–Kier alpha value is -2.74. The van der Waals surface area contributed by atoms with Crippen molar-refractivity contribution in [1.29, 1.82) is 0 Å². The number of nitrogens with zero attached hydrogens (tertiary/aromatic N) is 1. The van der Waals surface area contributed by atoms with E-state index in [1.165, 1.54) is 24.3 Å². The minimum absolute atomic E-state index is 0.0291. The van der Waals surface area contributed by atoms with E-state index in [1.807, 2.05) is 0 Å². The fraction of sp³-hybridized carbons (Fsp3) is 0.231. The number of carbonyl (C=O) groups is 3. The maximum Gasteiger partial charge on any atom is 0.320 e. The van der Waals surface area contributed by atoms with Crippen LogP contribution in [0.3, 0.4) is 0 Å². The highest BCUT2D eigenvalue weighted by molar-refractivity contribution is 6.36. The first-order chi connectivity index (χ1) is 9.97. The zero-order valence-corrected chi connectivity index (χ0v) is 10.9. The number of hydrogen-bond acceptors (Lipinski definition) is 7. The highest BCUT2D eigenvalue weighted by Gasteiger charge is 2.14. The highest BCUT2D eigenvalue weighted by Crippen LogP contribution is 2.14. The Morgan fingerprint density at radius 1 is 1.33 bits per heavy atom. The second-order valence-electron chi connectivity index (χ2n) is 4.08. The zero-order chi connectivity index (χ0) is 15.8. The number of aliphatic carboxylic acids is 1. The maximum absolute atomic E-state index is 11.5. The van der Waals surface area contributed by atoms with Gasteiger partial charge in [-0.05, 0) is 30.7 Å². The number of rotatable bonds is 7. The summed E-state index contributed by atoms with van der Waals surface area (Å²) >= 11 is 0. The van der Waals surface area contributed by atoms with Gasteiger partial charge >= 0.3 is 11.9 Å². The number of benzene rings is 1. The minimum atomic E-state index is -1.18. The Balaban J connectivity index is 2.58. The van der Waals surface area contributed by atoms with Crippen LogP contribution in [0.5, 0.6) is 5.75 Å². The van der Waals surface area contributed by atoms with Crippen LogP contribution < -0.4 is 10.5 Å². The van der Waals surface area contributed by atoms with E-state index < -0.39 is 18.0 Å².